The van der Waals surface area contributed by atoms with E-state index in [9.17, 15) is 9.18 Å². The Balaban J connectivity index is 3.26. The van der Waals surface area contributed by atoms with Crippen molar-refractivity contribution in [1.82, 2.24) is 5.32 Å². The molecule has 10 heavy (non-hydrogen) atoms. The number of carbonyl (C=O) groups excluding carboxylic acids is 1. The van der Waals surface area contributed by atoms with Crippen molar-refractivity contribution in [3.8, 4) is 0 Å². The zero-order chi connectivity index (χ0) is 7.98. The number of hydrogen-bond donors (Lipinski definition) is 1. The predicted molar refractivity (Wildman–Crippen MR) is 32.1 cm³/mol. The Hall–Kier alpha value is -0.840. The fraction of sp³-hybridized carbons (Fsp3) is 0.800. The molecular formula is C5H10FNO3. The smallest absolute Gasteiger partial charge is 0.411 e. The van der Waals surface area contributed by atoms with Crippen LogP contribution in [0.4, 0.5) is 9.18 Å². The molecule has 0 saturated carbocycles. The van der Waals surface area contributed by atoms with Crippen LogP contribution < -0.4 is 5.32 Å². The molecule has 0 spiro atoms. The van der Waals surface area contributed by atoms with Crippen LogP contribution >= 0.6 is 0 Å². The number of rotatable bonds is 3. The second kappa shape index (κ2) is 4.99. The monoisotopic (exact) mass is 151 g/mol. The average Bonchev–Trinajstić information content (AvgIpc) is 1.82. The van der Waals surface area contributed by atoms with Crippen LogP contribution in [-0.4, -0.2) is 26.3 Å². The van der Waals surface area contributed by atoms with E-state index >= 15 is 0 Å². The third-order valence-corrected chi connectivity index (χ3v) is 0.630. The van der Waals surface area contributed by atoms with Crippen LogP contribution in [0.2, 0.25) is 0 Å². The summed E-state index contributed by atoms with van der Waals surface area (Å²) in [6.07, 6.45) is -2.41. The molecule has 0 aromatic carbocycles. The summed E-state index contributed by atoms with van der Waals surface area (Å²) in [4.78, 5) is 10.4. The van der Waals surface area contributed by atoms with E-state index in [4.69, 9.17) is 0 Å². The highest BCUT2D eigenvalue weighted by Crippen LogP contribution is 1.90. The van der Waals surface area contributed by atoms with E-state index in [1.165, 1.54) is 7.11 Å². The Labute approximate surface area is 58.3 Å². The van der Waals surface area contributed by atoms with Gasteiger partial charge in [-0.1, -0.05) is 0 Å². The van der Waals surface area contributed by atoms with E-state index in [-0.39, 0.29) is 6.73 Å². The molecule has 0 fully saturated rings. The second-order valence-corrected chi connectivity index (χ2v) is 1.56. The fourth-order valence-corrected chi connectivity index (χ4v) is 0.320. The van der Waals surface area contributed by atoms with Gasteiger partial charge in [0.25, 0.3) is 0 Å². The minimum atomic E-state index is -1.59. The minimum Gasteiger partial charge on any atom is -0.415 e. The molecule has 0 aliphatic carbocycles. The molecule has 5 heteroatoms. The van der Waals surface area contributed by atoms with Crippen LogP contribution in [0.15, 0.2) is 0 Å². The van der Waals surface area contributed by atoms with Gasteiger partial charge in [0.15, 0.2) is 0 Å². The van der Waals surface area contributed by atoms with E-state index in [0.29, 0.717) is 0 Å². The van der Waals surface area contributed by atoms with Crippen molar-refractivity contribution in [2.45, 2.75) is 13.3 Å². The highest BCUT2D eigenvalue weighted by molar-refractivity contribution is 5.66. The normalized spacial score (nSPS) is 12.3. The first-order valence-electron chi connectivity index (χ1n) is 2.74. The van der Waals surface area contributed by atoms with Crippen LogP contribution in [0.1, 0.15) is 6.92 Å². The Bertz CT molecular complexity index is 107. The number of nitrogens with one attached hydrogen (secondary N) is 1. The van der Waals surface area contributed by atoms with Crippen molar-refractivity contribution >= 4 is 6.09 Å². The molecule has 4 nitrogen and oxygen atoms in total. The van der Waals surface area contributed by atoms with E-state index in [2.05, 4.69) is 14.8 Å². The first-order chi connectivity index (χ1) is 4.66. The van der Waals surface area contributed by atoms with Gasteiger partial charge in [0.2, 0.25) is 6.36 Å². The lowest BCUT2D eigenvalue weighted by molar-refractivity contribution is 0.0223. The van der Waals surface area contributed by atoms with Gasteiger partial charge < -0.3 is 9.47 Å². The topological polar surface area (TPSA) is 47.6 Å². The number of hydrogen-bond acceptors (Lipinski definition) is 3. The lowest BCUT2D eigenvalue weighted by Crippen LogP contribution is -2.27. The lowest BCUT2D eigenvalue weighted by atomic mass is 10.8. The molecule has 0 aliphatic heterocycles. The molecule has 0 radical (unpaired) electrons. The number of alkyl carbamates (subject to hydrolysis) is 1. The second-order valence-electron chi connectivity index (χ2n) is 1.56. The molecule has 0 rings (SSSR count). The summed E-state index contributed by atoms with van der Waals surface area (Å²) in [6.45, 7) is 1.14. The fourth-order valence-electron chi connectivity index (χ4n) is 0.320. The van der Waals surface area contributed by atoms with E-state index in [0.717, 1.165) is 6.92 Å². The molecule has 1 atom stereocenters. The van der Waals surface area contributed by atoms with Crippen molar-refractivity contribution < 1.29 is 18.7 Å². The highest BCUT2D eigenvalue weighted by Gasteiger charge is 2.04. The number of halogens is 1. The van der Waals surface area contributed by atoms with Gasteiger partial charge >= 0.3 is 6.09 Å². The summed E-state index contributed by atoms with van der Waals surface area (Å²) in [5, 5.41) is 2.14. The maximum atomic E-state index is 11.9. The van der Waals surface area contributed by atoms with E-state index in [1.54, 1.807) is 0 Å². The molecule has 0 aromatic rings. The number of ether oxygens (including phenoxy) is 2. The third-order valence-electron chi connectivity index (χ3n) is 0.630. The van der Waals surface area contributed by atoms with E-state index in [1.807, 2.05) is 0 Å². The molecule has 0 heterocycles. The third kappa shape index (κ3) is 5.30. The summed E-state index contributed by atoms with van der Waals surface area (Å²) in [5.41, 5.74) is 0. The van der Waals surface area contributed by atoms with Crippen molar-refractivity contribution in [2.24, 2.45) is 0 Å². The molecule has 1 amide bonds. The standard InChI is InChI=1S/C5H10FNO3/c1-4(6)10-5(8)7-3-9-2/h4H,3H2,1-2H3,(H,7,8). The molecular weight excluding hydrogens is 141 g/mol. The first-order valence-corrected chi connectivity index (χ1v) is 2.74. The van der Waals surface area contributed by atoms with Gasteiger partial charge in [-0.2, -0.15) is 0 Å². The summed E-state index contributed by atoms with van der Waals surface area (Å²) >= 11 is 0. The van der Waals surface area contributed by atoms with Crippen molar-refractivity contribution in [1.29, 1.82) is 0 Å². The number of amides is 1. The van der Waals surface area contributed by atoms with Gasteiger partial charge in [0.1, 0.15) is 6.73 Å². The molecule has 1 unspecified atom stereocenters. The van der Waals surface area contributed by atoms with Crippen LogP contribution in [0.5, 0.6) is 0 Å². The molecule has 0 aliphatic rings. The van der Waals surface area contributed by atoms with Crippen molar-refractivity contribution in [3.05, 3.63) is 0 Å². The van der Waals surface area contributed by atoms with Gasteiger partial charge in [0, 0.05) is 14.0 Å². The van der Waals surface area contributed by atoms with E-state index < -0.39 is 12.5 Å². The summed E-state index contributed by atoms with van der Waals surface area (Å²) < 4.78 is 20.4. The lowest BCUT2D eigenvalue weighted by Gasteiger charge is -2.05. The van der Waals surface area contributed by atoms with Crippen LogP contribution in [-0.2, 0) is 9.47 Å². The van der Waals surface area contributed by atoms with Crippen molar-refractivity contribution in [2.75, 3.05) is 13.8 Å². The van der Waals surface area contributed by atoms with Gasteiger partial charge in [-0.3, -0.25) is 5.32 Å². The Morgan fingerprint density at radius 2 is 2.40 bits per heavy atom. The number of alkyl halides is 1. The number of carbonyl (C=O) groups is 1. The summed E-state index contributed by atoms with van der Waals surface area (Å²) in [7, 11) is 1.40. The number of methoxy groups -OCH3 is 1. The average molecular weight is 151 g/mol. The summed E-state index contributed by atoms with van der Waals surface area (Å²) in [5.74, 6) is 0. The molecule has 0 bridgehead atoms. The zero-order valence-electron chi connectivity index (χ0n) is 5.89. The van der Waals surface area contributed by atoms with Crippen LogP contribution in [0.25, 0.3) is 0 Å². The molecule has 0 saturated heterocycles. The summed E-state index contributed by atoms with van der Waals surface area (Å²) in [6, 6.07) is 0. The SMILES string of the molecule is COCNC(=O)OC(C)F. The maximum Gasteiger partial charge on any atom is 0.411 e. The Morgan fingerprint density at radius 3 is 2.80 bits per heavy atom. The minimum absolute atomic E-state index is 0.0194. The van der Waals surface area contributed by atoms with Gasteiger partial charge in [-0.25, -0.2) is 9.18 Å². The Kier molecular flexibility index (Phi) is 4.57. The quantitative estimate of drug-likeness (QED) is 0.602. The van der Waals surface area contributed by atoms with Crippen LogP contribution in [0, 0.1) is 0 Å². The largest absolute Gasteiger partial charge is 0.415 e. The molecule has 0 aromatic heterocycles. The first kappa shape index (κ1) is 9.16. The van der Waals surface area contributed by atoms with Gasteiger partial charge in [0.05, 0.1) is 0 Å². The highest BCUT2D eigenvalue weighted by atomic mass is 19.1. The maximum absolute atomic E-state index is 11.9. The van der Waals surface area contributed by atoms with Crippen molar-refractivity contribution in [3.63, 3.8) is 0 Å². The van der Waals surface area contributed by atoms with Gasteiger partial charge in [-0.15, -0.1) is 0 Å². The predicted octanol–water partition coefficient (Wildman–Crippen LogP) is 0.632. The van der Waals surface area contributed by atoms with Crippen LogP contribution in [0.3, 0.4) is 0 Å². The molecule has 60 valence electrons. The zero-order valence-corrected chi connectivity index (χ0v) is 5.89. The Morgan fingerprint density at radius 1 is 1.80 bits per heavy atom. The van der Waals surface area contributed by atoms with Gasteiger partial charge in [-0.05, 0) is 0 Å². The molecule has 1 N–H and O–H groups in total.